The first kappa shape index (κ1) is 11.1. The summed E-state index contributed by atoms with van der Waals surface area (Å²) in [5, 5.41) is 10.3. The smallest absolute Gasteiger partial charge is 0.0847 e. The summed E-state index contributed by atoms with van der Waals surface area (Å²) >= 11 is 6.24. The Labute approximate surface area is 107 Å². The van der Waals surface area contributed by atoms with Crippen LogP contribution in [0.2, 0.25) is 5.02 Å². The van der Waals surface area contributed by atoms with Gasteiger partial charge in [-0.1, -0.05) is 42.6 Å². The van der Waals surface area contributed by atoms with Crippen LogP contribution in [0.5, 0.6) is 0 Å². The zero-order chi connectivity index (χ0) is 11.9. The molecule has 2 saturated carbocycles. The van der Waals surface area contributed by atoms with Crippen LogP contribution in [0, 0.1) is 16.7 Å². The van der Waals surface area contributed by atoms with Crippen molar-refractivity contribution in [3.63, 3.8) is 0 Å². The zero-order valence-electron chi connectivity index (χ0n) is 9.88. The summed E-state index contributed by atoms with van der Waals surface area (Å²) < 4.78 is 0. The minimum absolute atomic E-state index is 0.303. The van der Waals surface area contributed by atoms with E-state index in [0.29, 0.717) is 5.41 Å². The summed E-state index contributed by atoms with van der Waals surface area (Å²) in [7, 11) is 0. The van der Waals surface area contributed by atoms with E-state index in [1.54, 1.807) is 0 Å². The van der Waals surface area contributed by atoms with E-state index in [-0.39, 0.29) is 5.41 Å². The van der Waals surface area contributed by atoms with Crippen LogP contribution in [0.3, 0.4) is 0 Å². The first-order chi connectivity index (χ1) is 8.20. The normalized spacial score (nSPS) is 24.2. The molecule has 1 spiro atoms. The topological polar surface area (TPSA) is 23.8 Å². The summed E-state index contributed by atoms with van der Waals surface area (Å²) in [4.78, 5) is 0. The number of benzene rings is 1. The Hall–Kier alpha value is -1.00. The number of hydrogen-bond acceptors (Lipinski definition) is 1. The predicted octanol–water partition coefficient (Wildman–Crippen LogP) is 4.46. The largest absolute Gasteiger partial charge is 0.197 e. The van der Waals surface area contributed by atoms with Gasteiger partial charge in [0.25, 0.3) is 0 Å². The molecule has 0 saturated heterocycles. The molecule has 88 valence electrons. The Morgan fingerprint density at radius 2 is 1.76 bits per heavy atom. The van der Waals surface area contributed by atoms with E-state index < -0.39 is 0 Å². The van der Waals surface area contributed by atoms with Crippen molar-refractivity contribution >= 4 is 11.6 Å². The third-order valence-electron chi connectivity index (χ3n) is 4.62. The van der Waals surface area contributed by atoms with Gasteiger partial charge in [0.2, 0.25) is 0 Å². The van der Waals surface area contributed by atoms with Gasteiger partial charge in [-0.2, -0.15) is 5.26 Å². The standard InChI is InChI=1S/C15H16ClN/c16-13-6-2-1-5-12(13)15(11-17)9-14(10-15)7-3-4-8-14/h1-2,5-6H,3-4,7-10H2. The van der Waals surface area contributed by atoms with Gasteiger partial charge in [-0.3, -0.25) is 0 Å². The van der Waals surface area contributed by atoms with Gasteiger partial charge in [0.05, 0.1) is 11.5 Å². The van der Waals surface area contributed by atoms with Crippen LogP contribution in [0.15, 0.2) is 24.3 Å². The molecule has 1 nitrogen and oxygen atoms in total. The quantitative estimate of drug-likeness (QED) is 0.717. The van der Waals surface area contributed by atoms with Gasteiger partial charge in [0.15, 0.2) is 0 Å². The molecule has 17 heavy (non-hydrogen) atoms. The second-order valence-electron chi connectivity index (χ2n) is 5.73. The van der Waals surface area contributed by atoms with Crippen LogP contribution < -0.4 is 0 Å². The maximum absolute atomic E-state index is 9.55. The number of hydrogen-bond donors (Lipinski definition) is 0. The summed E-state index contributed by atoms with van der Waals surface area (Å²) in [5.41, 5.74) is 1.21. The van der Waals surface area contributed by atoms with Gasteiger partial charge in [-0.05, 0) is 42.7 Å². The van der Waals surface area contributed by atoms with Crippen LogP contribution in [0.25, 0.3) is 0 Å². The van der Waals surface area contributed by atoms with Crippen molar-refractivity contribution in [2.45, 2.75) is 43.9 Å². The summed E-state index contributed by atoms with van der Waals surface area (Å²) in [5.74, 6) is 0. The molecule has 2 heteroatoms. The average molecular weight is 246 g/mol. The van der Waals surface area contributed by atoms with Gasteiger partial charge in [-0.25, -0.2) is 0 Å². The highest BCUT2D eigenvalue weighted by Gasteiger charge is 2.56. The van der Waals surface area contributed by atoms with Crippen LogP contribution in [-0.4, -0.2) is 0 Å². The minimum Gasteiger partial charge on any atom is -0.197 e. The molecule has 1 aromatic rings. The van der Waals surface area contributed by atoms with Crippen molar-refractivity contribution in [1.29, 1.82) is 5.26 Å². The summed E-state index contributed by atoms with van der Waals surface area (Å²) in [6.07, 6.45) is 7.32. The van der Waals surface area contributed by atoms with Crippen molar-refractivity contribution in [2.75, 3.05) is 0 Å². The van der Waals surface area contributed by atoms with Crippen LogP contribution in [-0.2, 0) is 5.41 Å². The highest BCUT2D eigenvalue weighted by Crippen LogP contribution is 2.63. The third-order valence-corrected chi connectivity index (χ3v) is 4.95. The van der Waals surface area contributed by atoms with Crippen LogP contribution in [0.4, 0.5) is 0 Å². The lowest BCUT2D eigenvalue weighted by atomic mass is 9.50. The number of rotatable bonds is 1. The summed E-state index contributed by atoms with van der Waals surface area (Å²) in [6.45, 7) is 0. The Bertz CT molecular complexity index is 472. The van der Waals surface area contributed by atoms with Gasteiger partial charge in [0, 0.05) is 5.02 Å². The molecule has 1 aromatic carbocycles. The molecule has 0 amide bonds. The fourth-order valence-corrected chi connectivity index (χ4v) is 4.20. The highest BCUT2D eigenvalue weighted by atomic mass is 35.5. The van der Waals surface area contributed by atoms with Crippen molar-refractivity contribution < 1.29 is 0 Å². The highest BCUT2D eigenvalue weighted by molar-refractivity contribution is 6.31. The lowest BCUT2D eigenvalue weighted by molar-refractivity contribution is 0.0649. The molecule has 0 aromatic heterocycles. The number of nitriles is 1. The Kier molecular flexibility index (Phi) is 2.45. The van der Waals surface area contributed by atoms with Crippen molar-refractivity contribution in [3.8, 4) is 6.07 Å². The fraction of sp³-hybridized carbons (Fsp3) is 0.533. The molecule has 2 aliphatic rings. The van der Waals surface area contributed by atoms with Crippen molar-refractivity contribution in [2.24, 2.45) is 5.41 Å². The Morgan fingerprint density at radius 3 is 2.35 bits per heavy atom. The molecule has 2 aliphatic carbocycles. The van der Waals surface area contributed by atoms with E-state index in [0.717, 1.165) is 23.4 Å². The molecular formula is C15H16ClN. The molecule has 0 aliphatic heterocycles. The van der Waals surface area contributed by atoms with E-state index in [1.165, 1.54) is 25.7 Å². The first-order valence-electron chi connectivity index (χ1n) is 6.36. The van der Waals surface area contributed by atoms with Crippen molar-refractivity contribution in [1.82, 2.24) is 0 Å². The molecule has 0 bridgehead atoms. The second kappa shape index (κ2) is 3.75. The lowest BCUT2D eigenvalue weighted by Crippen LogP contribution is -2.47. The zero-order valence-corrected chi connectivity index (χ0v) is 10.6. The third kappa shape index (κ3) is 1.58. The van der Waals surface area contributed by atoms with Gasteiger partial charge in [-0.15, -0.1) is 0 Å². The molecular weight excluding hydrogens is 230 g/mol. The van der Waals surface area contributed by atoms with E-state index >= 15 is 0 Å². The number of nitrogens with zero attached hydrogens (tertiary/aromatic N) is 1. The van der Waals surface area contributed by atoms with Crippen molar-refractivity contribution in [3.05, 3.63) is 34.9 Å². The predicted molar refractivity (Wildman–Crippen MR) is 68.9 cm³/mol. The second-order valence-corrected chi connectivity index (χ2v) is 6.14. The molecule has 3 rings (SSSR count). The summed E-state index contributed by atoms with van der Waals surface area (Å²) in [6, 6.07) is 10.4. The molecule has 0 heterocycles. The maximum Gasteiger partial charge on any atom is 0.0847 e. The molecule has 0 unspecified atom stereocenters. The van der Waals surface area contributed by atoms with Gasteiger partial charge < -0.3 is 0 Å². The van der Waals surface area contributed by atoms with E-state index in [9.17, 15) is 5.26 Å². The first-order valence-corrected chi connectivity index (χ1v) is 6.74. The van der Waals surface area contributed by atoms with E-state index in [2.05, 4.69) is 6.07 Å². The van der Waals surface area contributed by atoms with E-state index in [4.69, 9.17) is 11.6 Å². The van der Waals surface area contributed by atoms with E-state index in [1.807, 2.05) is 24.3 Å². The monoisotopic (exact) mass is 245 g/mol. The molecule has 0 radical (unpaired) electrons. The maximum atomic E-state index is 9.55. The van der Waals surface area contributed by atoms with Crippen LogP contribution >= 0.6 is 11.6 Å². The minimum atomic E-state index is -0.303. The Morgan fingerprint density at radius 1 is 1.12 bits per heavy atom. The van der Waals surface area contributed by atoms with Gasteiger partial charge in [0.1, 0.15) is 0 Å². The number of halogens is 1. The SMILES string of the molecule is N#CC1(c2ccccc2Cl)CC2(CCCC2)C1. The van der Waals surface area contributed by atoms with Crippen LogP contribution in [0.1, 0.15) is 44.1 Å². The molecule has 0 atom stereocenters. The Balaban J connectivity index is 1.92. The molecule has 0 N–H and O–H groups in total. The molecule has 2 fully saturated rings. The lowest BCUT2D eigenvalue weighted by Gasteiger charge is -2.51. The fourth-order valence-electron chi connectivity index (χ4n) is 3.89. The van der Waals surface area contributed by atoms with Gasteiger partial charge >= 0.3 is 0 Å². The average Bonchev–Trinajstić information content (AvgIpc) is 2.76.